The summed E-state index contributed by atoms with van der Waals surface area (Å²) in [5, 5.41) is 18.1. The van der Waals surface area contributed by atoms with Crippen LogP contribution in [0.5, 0.6) is 5.75 Å². The number of hydrogen-bond donors (Lipinski definition) is 3. The molecule has 0 radical (unpaired) electrons. The van der Waals surface area contributed by atoms with E-state index >= 15 is 0 Å². The van der Waals surface area contributed by atoms with Crippen molar-refractivity contribution in [2.45, 2.75) is 13.0 Å². The quantitative estimate of drug-likeness (QED) is 0.446. The van der Waals surface area contributed by atoms with Gasteiger partial charge in [-0.25, -0.2) is 15.4 Å². The second-order valence-electron chi connectivity index (χ2n) is 6.17. The van der Waals surface area contributed by atoms with Crippen LogP contribution in [0.25, 0.3) is 11.3 Å². The minimum Gasteiger partial charge on any atom is -0.508 e. The van der Waals surface area contributed by atoms with Crippen LogP contribution in [0.15, 0.2) is 59.0 Å². The van der Waals surface area contributed by atoms with E-state index in [1.165, 1.54) is 16.3 Å². The number of rotatable bonds is 4. The summed E-state index contributed by atoms with van der Waals surface area (Å²) < 4.78 is 0. The molecule has 0 spiro atoms. The van der Waals surface area contributed by atoms with E-state index in [0.717, 1.165) is 11.3 Å². The Morgan fingerprint density at radius 1 is 1.21 bits per heavy atom. The third-order valence-corrected chi connectivity index (χ3v) is 5.23. The Kier molecular flexibility index (Phi) is 4.99. The normalized spacial score (nSPS) is 18.1. The van der Waals surface area contributed by atoms with Crippen molar-refractivity contribution in [2.75, 3.05) is 10.4 Å². The van der Waals surface area contributed by atoms with E-state index in [-0.39, 0.29) is 17.7 Å². The Hall–Kier alpha value is -2.94. The van der Waals surface area contributed by atoms with Gasteiger partial charge in [0.05, 0.1) is 17.4 Å². The SMILES string of the molecule is CC1NN(c2nc(-c3ccc(Cl)cc3)cs2)C(=O)/C1=N/Nc1ccc(O)cc1. The summed E-state index contributed by atoms with van der Waals surface area (Å²) >= 11 is 7.29. The van der Waals surface area contributed by atoms with Gasteiger partial charge in [0.2, 0.25) is 5.13 Å². The topological polar surface area (TPSA) is 89.9 Å². The van der Waals surface area contributed by atoms with E-state index in [1.54, 1.807) is 36.4 Å². The van der Waals surface area contributed by atoms with Gasteiger partial charge in [0.15, 0.2) is 0 Å². The number of hydrazine groups is 1. The number of aromatic nitrogens is 1. The maximum Gasteiger partial charge on any atom is 0.292 e. The Bertz CT molecular complexity index is 1030. The van der Waals surface area contributed by atoms with Crippen LogP contribution in [-0.4, -0.2) is 27.8 Å². The fourth-order valence-corrected chi connectivity index (χ4v) is 3.60. The number of anilines is 2. The number of carbonyl (C=O) groups excluding carboxylic acids is 1. The molecule has 1 atom stereocenters. The smallest absolute Gasteiger partial charge is 0.292 e. The molecular formula is C19H16ClN5O2S. The van der Waals surface area contributed by atoms with Gasteiger partial charge in [0.25, 0.3) is 5.91 Å². The van der Waals surface area contributed by atoms with Crippen molar-refractivity contribution in [3.05, 3.63) is 58.9 Å². The summed E-state index contributed by atoms with van der Waals surface area (Å²) in [6, 6.07) is 13.5. The summed E-state index contributed by atoms with van der Waals surface area (Å²) in [6.45, 7) is 1.85. The molecule has 9 heteroatoms. The van der Waals surface area contributed by atoms with Gasteiger partial charge in [-0.2, -0.15) is 5.10 Å². The number of halogens is 1. The Balaban J connectivity index is 1.52. The van der Waals surface area contributed by atoms with Crippen LogP contribution < -0.4 is 15.9 Å². The first kappa shape index (κ1) is 18.4. The lowest BCUT2D eigenvalue weighted by atomic mass is 10.2. The van der Waals surface area contributed by atoms with E-state index < -0.39 is 0 Å². The van der Waals surface area contributed by atoms with Crippen molar-refractivity contribution in [1.29, 1.82) is 0 Å². The lowest BCUT2D eigenvalue weighted by Crippen LogP contribution is -2.36. The van der Waals surface area contributed by atoms with Crippen LogP contribution in [0.1, 0.15) is 6.92 Å². The van der Waals surface area contributed by atoms with Gasteiger partial charge in [0, 0.05) is 16.0 Å². The third-order valence-electron chi connectivity index (χ3n) is 4.15. The number of hydrazone groups is 1. The van der Waals surface area contributed by atoms with Crippen molar-refractivity contribution >= 4 is 45.4 Å². The van der Waals surface area contributed by atoms with Crippen molar-refractivity contribution in [1.82, 2.24) is 10.4 Å². The van der Waals surface area contributed by atoms with E-state index in [1.807, 2.05) is 24.4 Å². The standard InChI is InChI=1S/C19H16ClN5O2S/c1-11-17(23-22-14-6-8-15(26)9-7-14)18(27)25(24-11)19-21-16(10-28-19)12-2-4-13(20)5-3-12/h2-11,22,24,26H,1H3/b23-17+. The zero-order valence-electron chi connectivity index (χ0n) is 14.8. The molecule has 3 N–H and O–H groups in total. The molecule has 1 aromatic heterocycles. The molecule has 4 rings (SSSR count). The Labute approximate surface area is 170 Å². The molecule has 1 aliphatic heterocycles. The number of carbonyl (C=O) groups is 1. The van der Waals surface area contributed by atoms with Crippen LogP contribution in [0.2, 0.25) is 5.02 Å². The molecule has 3 aromatic rings. The fraction of sp³-hybridized carbons (Fsp3) is 0.105. The van der Waals surface area contributed by atoms with Crippen molar-refractivity contribution in [3.63, 3.8) is 0 Å². The lowest BCUT2D eigenvalue weighted by Gasteiger charge is -2.11. The van der Waals surface area contributed by atoms with Gasteiger partial charge in [-0.3, -0.25) is 10.2 Å². The minimum atomic E-state index is -0.278. The Morgan fingerprint density at radius 3 is 2.64 bits per heavy atom. The van der Waals surface area contributed by atoms with E-state index in [9.17, 15) is 9.90 Å². The molecule has 1 saturated heterocycles. The van der Waals surface area contributed by atoms with Gasteiger partial charge in [-0.05, 0) is 43.3 Å². The molecule has 2 aromatic carbocycles. The molecule has 28 heavy (non-hydrogen) atoms. The van der Waals surface area contributed by atoms with Gasteiger partial charge >= 0.3 is 0 Å². The summed E-state index contributed by atoms with van der Waals surface area (Å²) in [7, 11) is 0. The van der Waals surface area contributed by atoms with Crippen LogP contribution in [0.3, 0.4) is 0 Å². The lowest BCUT2D eigenvalue weighted by molar-refractivity contribution is -0.112. The number of nitrogens with one attached hydrogen (secondary N) is 2. The number of thiazole rings is 1. The van der Waals surface area contributed by atoms with Crippen LogP contribution >= 0.6 is 22.9 Å². The first-order chi connectivity index (χ1) is 13.5. The van der Waals surface area contributed by atoms with Gasteiger partial charge in [0.1, 0.15) is 11.5 Å². The predicted octanol–water partition coefficient (Wildman–Crippen LogP) is 3.88. The highest BCUT2D eigenvalue weighted by atomic mass is 35.5. The predicted molar refractivity (Wildman–Crippen MR) is 112 cm³/mol. The number of phenolic OH excluding ortho intramolecular Hbond substituents is 1. The number of phenols is 1. The monoisotopic (exact) mass is 413 g/mol. The van der Waals surface area contributed by atoms with Crippen molar-refractivity contribution < 1.29 is 9.90 Å². The second-order valence-corrected chi connectivity index (χ2v) is 7.44. The number of aromatic hydroxyl groups is 1. The third kappa shape index (κ3) is 3.70. The number of hydrogen-bond acceptors (Lipinski definition) is 7. The molecule has 1 amide bonds. The first-order valence-corrected chi connectivity index (χ1v) is 9.72. The van der Waals surface area contributed by atoms with Crippen LogP contribution in [0.4, 0.5) is 10.8 Å². The molecule has 1 fully saturated rings. The molecule has 0 bridgehead atoms. The summed E-state index contributed by atoms with van der Waals surface area (Å²) in [6.07, 6.45) is 0. The molecule has 0 aliphatic carbocycles. The average Bonchev–Trinajstić information content (AvgIpc) is 3.27. The first-order valence-electron chi connectivity index (χ1n) is 8.46. The molecular weight excluding hydrogens is 398 g/mol. The average molecular weight is 414 g/mol. The van der Waals surface area contributed by atoms with Gasteiger partial charge in [-0.15, -0.1) is 11.3 Å². The number of amides is 1. The highest BCUT2D eigenvalue weighted by molar-refractivity contribution is 7.14. The maximum absolute atomic E-state index is 12.8. The highest BCUT2D eigenvalue weighted by Gasteiger charge is 2.36. The van der Waals surface area contributed by atoms with Crippen molar-refractivity contribution in [2.24, 2.45) is 5.10 Å². The maximum atomic E-state index is 12.8. The number of nitrogens with zero attached hydrogens (tertiary/aromatic N) is 3. The summed E-state index contributed by atoms with van der Waals surface area (Å²) in [4.78, 5) is 17.3. The van der Waals surface area contributed by atoms with Gasteiger partial charge in [-0.1, -0.05) is 23.7 Å². The minimum absolute atomic E-state index is 0.164. The summed E-state index contributed by atoms with van der Waals surface area (Å²) in [5.74, 6) is -0.104. The highest BCUT2D eigenvalue weighted by Crippen LogP contribution is 2.29. The molecule has 1 unspecified atom stereocenters. The molecule has 7 nitrogen and oxygen atoms in total. The second kappa shape index (κ2) is 7.59. The molecule has 1 aliphatic rings. The molecule has 142 valence electrons. The van der Waals surface area contributed by atoms with Gasteiger partial charge < -0.3 is 5.11 Å². The van der Waals surface area contributed by atoms with Crippen LogP contribution in [0, 0.1) is 0 Å². The summed E-state index contributed by atoms with van der Waals surface area (Å²) in [5.41, 5.74) is 8.64. The Morgan fingerprint density at radius 2 is 1.93 bits per heavy atom. The molecule has 0 saturated carbocycles. The zero-order chi connectivity index (χ0) is 19.7. The zero-order valence-corrected chi connectivity index (χ0v) is 16.3. The number of benzene rings is 2. The van der Waals surface area contributed by atoms with Crippen LogP contribution in [-0.2, 0) is 4.79 Å². The van der Waals surface area contributed by atoms with E-state index in [2.05, 4.69) is 20.9 Å². The van der Waals surface area contributed by atoms with E-state index in [0.29, 0.717) is 21.6 Å². The van der Waals surface area contributed by atoms with Crippen molar-refractivity contribution in [3.8, 4) is 17.0 Å². The van der Waals surface area contributed by atoms with E-state index in [4.69, 9.17) is 11.6 Å². The molecule has 2 heterocycles. The fourth-order valence-electron chi connectivity index (χ4n) is 2.68. The largest absolute Gasteiger partial charge is 0.508 e.